The average molecular weight is 599 g/mol. The summed E-state index contributed by atoms with van der Waals surface area (Å²) in [6.07, 6.45) is 20.5. The Kier molecular flexibility index (Phi) is 18.2. The van der Waals surface area contributed by atoms with Crippen molar-refractivity contribution in [2.75, 3.05) is 7.11 Å². The Morgan fingerprint density at radius 3 is 1.59 bits per heavy atom. The van der Waals surface area contributed by atoms with Crippen LogP contribution in [0, 0.1) is 23.7 Å². The van der Waals surface area contributed by atoms with Gasteiger partial charge in [-0.15, -0.1) is 0 Å². The second kappa shape index (κ2) is 19.2. The monoisotopic (exact) mass is 598 g/mol. The minimum atomic E-state index is -1.95. The number of carbonyl (C=O) groups is 1. The molecule has 4 nitrogen and oxygen atoms in total. The zero-order valence-electron chi connectivity index (χ0n) is 28.1. The minimum absolute atomic E-state index is 0.0364. The summed E-state index contributed by atoms with van der Waals surface area (Å²) in [7, 11) is -2.40. The summed E-state index contributed by atoms with van der Waals surface area (Å²) in [6, 6.07) is 0. The molecule has 0 amide bonds. The summed E-state index contributed by atoms with van der Waals surface area (Å²) in [5.74, 6) is 12.3. The summed E-state index contributed by atoms with van der Waals surface area (Å²) in [4.78, 5) is 11.3. The minimum Gasteiger partial charge on any atom is -0.469 e. The molecule has 0 heterocycles. The van der Waals surface area contributed by atoms with Gasteiger partial charge in [0.25, 0.3) is 0 Å². The molecule has 0 aromatic heterocycles. The van der Waals surface area contributed by atoms with Gasteiger partial charge < -0.3 is 13.6 Å². The lowest BCUT2D eigenvalue weighted by Crippen LogP contribution is -2.43. The van der Waals surface area contributed by atoms with E-state index in [-0.39, 0.29) is 28.3 Å². The molecule has 230 valence electrons. The normalized spacial score (nSPS) is 14.7. The lowest BCUT2D eigenvalue weighted by atomic mass is 10.2. The van der Waals surface area contributed by atoms with Gasteiger partial charge in [0.05, 0.1) is 25.7 Å². The highest BCUT2D eigenvalue weighted by molar-refractivity contribution is 6.74. The molecule has 41 heavy (non-hydrogen) atoms. The summed E-state index contributed by atoms with van der Waals surface area (Å²) in [6.45, 7) is 24.7. The molecular weight excluding hydrogens is 541 g/mol. The number of carbonyl (C=O) groups excluding carboxylic acids is 1. The molecule has 0 N–H and O–H groups in total. The molecule has 0 rings (SSSR count). The van der Waals surface area contributed by atoms with Gasteiger partial charge in [-0.2, -0.15) is 0 Å². The van der Waals surface area contributed by atoms with Crippen molar-refractivity contribution in [1.82, 2.24) is 0 Å². The molecule has 0 aliphatic carbocycles. The first-order valence-electron chi connectivity index (χ1n) is 15.0. The first kappa shape index (κ1) is 38.9. The van der Waals surface area contributed by atoms with Crippen LogP contribution in [0.15, 0.2) is 48.6 Å². The van der Waals surface area contributed by atoms with Crippen molar-refractivity contribution in [1.29, 1.82) is 0 Å². The lowest BCUT2D eigenvalue weighted by Gasteiger charge is -2.38. The van der Waals surface area contributed by atoms with Crippen LogP contribution in [-0.2, 0) is 18.4 Å². The van der Waals surface area contributed by atoms with Gasteiger partial charge in [0.1, 0.15) is 0 Å². The van der Waals surface area contributed by atoms with E-state index in [9.17, 15) is 4.79 Å². The van der Waals surface area contributed by atoms with Crippen LogP contribution >= 0.6 is 0 Å². The standard InChI is InChI=1S/C35H58O4Si2/c1-13-14-21-26-31(38-40(9,10)34(2,3)4)27-22-18-16-15-17-19-23-28-32(39-41(11,12)35(5,6)7)29-24-20-25-30-33(36)37-8/h14,20-24,27-28,31-32H,13,15,25-26,29-30H2,1-12H3/b21-14-,24-20-,27-22+,28-23+/t31-,32+/m0/s1. The van der Waals surface area contributed by atoms with E-state index < -0.39 is 16.6 Å². The third-order valence-electron chi connectivity index (χ3n) is 7.72. The molecule has 0 bridgehead atoms. The Labute approximate surface area is 255 Å². The molecule has 0 unspecified atom stereocenters. The lowest BCUT2D eigenvalue weighted by molar-refractivity contribution is -0.140. The maximum absolute atomic E-state index is 11.3. The van der Waals surface area contributed by atoms with Crippen LogP contribution in [0.25, 0.3) is 0 Å². The highest BCUT2D eigenvalue weighted by Crippen LogP contribution is 2.38. The van der Waals surface area contributed by atoms with Crippen molar-refractivity contribution in [2.24, 2.45) is 0 Å². The zero-order chi connectivity index (χ0) is 31.6. The largest absolute Gasteiger partial charge is 0.469 e. The van der Waals surface area contributed by atoms with Crippen molar-refractivity contribution in [3.63, 3.8) is 0 Å². The number of hydrogen-bond donors (Lipinski definition) is 0. The number of methoxy groups -OCH3 is 1. The highest BCUT2D eigenvalue weighted by Gasteiger charge is 2.39. The third kappa shape index (κ3) is 17.5. The molecule has 0 aromatic carbocycles. The predicted octanol–water partition coefficient (Wildman–Crippen LogP) is 9.53. The van der Waals surface area contributed by atoms with Crippen molar-refractivity contribution in [3.05, 3.63) is 48.6 Å². The Balaban J connectivity index is 5.26. The van der Waals surface area contributed by atoms with E-state index >= 15 is 0 Å². The number of esters is 1. The topological polar surface area (TPSA) is 44.8 Å². The molecule has 0 aromatic rings. The van der Waals surface area contributed by atoms with Gasteiger partial charge in [0.2, 0.25) is 0 Å². The van der Waals surface area contributed by atoms with Crippen LogP contribution in [0.2, 0.25) is 36.3 Å². The van der Waals surface area contributed by atoms with Gasteiger partial charge in [0, 0.05) is 6.42 Å². The van der Waals surface area contributed by atoms with Crippen LogP contribution in [0.5, 0.6) is 0 Å². The highest BCUT2D eigenvalue weighted by atomic mass is 28.4. The fraction of sp³-hybridized carbons (Fsp3) is 0.629. The Morgan fingerprint density at radius 1 is 0.756 bits per heavy atom. The number of hydrogen-bond acceptors (Lipinski definition) is 4. The van der Waals surface area contributed by atoms with Crippen LogP contribution < -0.4 is 0 Å². The summed E-state index contributed by atoms with van der Waals surface area (Å²) in [5.41, 5.74) is 0. The predicted molar refractivity (Wildman–Crippen MR) is 182 cm³/mol. The molecule has 6 heteroatoms. The molecule has 0 saturated carbocycles. The molecular formula is C35H58O4Si2. The summed E-state index contributed by atoms with van der Waals surface area (Å²) < 4.78 is 17.9. The maximum Gasteiger partial charge on any atom is 0.305 e. The van der Waals surface area contributed by atoms with E-state index in [1.807, 2.05) is 24.3 Å². The fourth-order valence-electron chi connectivity index (χ4n) is 3.07. The van der Waals surface area contributed by atoms with E-state index in [0.29, 0.717) is 19.3 Å². The number of rotatable bonds is 14. The first-order valence-corrected chi connectivity index (χ1v) is 20.8. The fourth-order valence-corrected chi connectivity index (χ4v) is 5.64. The van der Waals surface area contributed by atoms with E-state index in [0.717, 1.165) is 19.3 Å². The Bertz CT molecular complexity index is 1010. The van der Waals surface area contributed by atoms with Crippen LogP contribution in [-0.4, -0.2) is 41.9 Å². The van der Waals surface area contributed by atoms with E-state index in [4.69, 9.17) is 13.6 Å². The van der Waals surface area contributed by atoms with Gasteiger partial charge in [-0.05, 0) is 86.3 Å². The van der Waals surface area contributed by atoms with E-state index in [1.165, 1.54) is 7.11 Å². The van der Waals surface area contributed by atoms with Gasteiger partial charge in [-0.3, -0.25) is 4.79 Å². The van der Waals surface area contributed by atoms with Gasteiger partial charge >= 0.3 is 5.97 Å². The van der Waals surface area contributed by atoms with Crippen molar-refractivity contribution in [2.45, 2.75) is 135 Å². The molecule has 0 aliphatic rings. The van der Waals surface area contributed by atoms with E-state index in [1.54, 1.807) is 0 Å². The Morgan fingerprint density at radius 2 is 1.20 bits per heavy atom. The quantitative estimate of drug-likeness (QED) is 0.0864. The van der Waals surface area contributed by atoms with Crippen molar-refractivity contribution in [3.8, 4) is 23.7 Å². The van der Waals surface area contributed by atoms with Gasteiger partial charge in [-0.25, -0.2) is 0 Å². The van der Waals surface area contributed by atoms with Crippen LogP contribution in [0.1, 0.15) is 87.0 Å². The molecule has 0 radical (unpaired) electrons. The molecule has 0 fully saturated rings. The Hall–Kier alpha value is -2.10. The van der Waals surface area contributed by atoms with Gasteiger partial charge in [0.15, 0.2) is 16.6 Å². The first-order chi connectivity index (χ1) is 19.0. The second-order valence-corrected chi connectivity index (χ2v) is 22.8. The summed E-state index contributed by atoms with van der Waals surface area (Å²) >= 11 is 0. The third-order valence-corrected chi connectivity index (χ3v) is 16.7. The van der Waals surface area contributed by atoms with Crippen molar-refractivity contribution < 1.29 is 18.4 Å². The molecule has 2 atom stereocenters. The molecule has 0 saturated heterocycles. The van der Waals surface area contributed by atoms with Crippen molar-refractivity contribution >= 4 is 22.6 Å². The average Bonchev–Trinajstić information content (AvgIpc) is 2.85. The molecule has 0 spiro atoms. The molecule has 0 aliphatic heterocycles. The zero-order valence-corrected chi connectivity index (χ0v) is 30.1. The van der Waals surface area contributed by atoms with Gasteiger partial charge in [-0.1, -0.05) is 96.5 Å². The SMILES string of the molecule is CC/C=C\C[C@@H](/C=C/C#CCC#C/C=C/[C@H](C/C=C\CCC(=O)OC)O[Si](C)(C)C(C)(C)C)O[Si](C)(C)C(C)(C)C. The second-order valence-electron chi connectivity index (χ2n) is 13.3. The summed E-state index contributed by atoms with van der Waals surface area (Å²) in [5, 5.41) is 0.279. The maximum atomic E-state index is 11.3. The van der Waals surface area contributed by atoms with E-state index in [2.05, 4.69) is 123 Å². The van der Waals surface area contributed by atoms with Crippen LogP contribution in [0.4, 0.5) is 0 Å². The number of allylic oxidation sites excluding steroid dienone is 4. The van der Waals surface area contributed by atoms with Crippen LogP contribution in [0.3, 0.4) is 0 Å². The smallest absolute Gasteiger partial charge is 0.305 e. The number of ether oxygens (including phenoxy) is 1.